The maximum absolute atomic E-state index is 11.2. The molecule has 0 saturated heterocycles. The number of aryl methyl sites for hydroxylation is 2. The summed E-state index contributed by atoms with van der Waals surface area (Å²) in [4.78, 5) is 33.0. The Hall–Kier alpha value is -2.23. The summed E-state index contributed by atoms with van der Waals surface area (Å²) in [6.07, 6.45) is 3.13. The standard InChI is InChI=1S/C6H4Cl2N4.C6H5ClN4O/c1-12-2-9-5-3(12)4(7)10-6(8)11-5;1-11-2-8-4-3(11)5(12)10-6(7)9-4/h2H,1H3;2H,1H3,(H,9,10,12). The quantitative estimate of drug-likeness (QED) is 0.365. The molecule has 0 aliphatic rings. The van der Waals surface area contributed by atoms with E-state index in [1.165, 1.54) is 6.33 Å². The van der Waals surface area contributed by atoms with E-state index in [1.807, 2.05) is 7.05 Å². The zero-order valence-electron chi connectivity index (χ0n) is 12.3. The first kappa shape index (κ1) is 16.6. The molecule has 0 unspecified atom stereocenters. The number of imidazole rings is 2. The second-order valence-corrected chi connectivity index (χ2v) is 5.75. The van der Waals surface area contributed by atoms with Crippen molar-refractivity contribution in [3.8, 4) is 0 Å². The Balaban J connectivity index is 0.000000141. The van der Waals surface area contributed by atoms with Crippen LogP contribution in [-0.2, 0) is 14.1 Å². The molecule has 0 fully saturated rings. The number of H-pyrrole nitrogens is 1. The van der Waals surface area contributed by atoms with E-state index in [9.17, 15) is 4.79 Å². The molecule has 4 rings (SSSR count). The van der Waals surface area contributed by atoms with Gasteiger partial charge in [0.05, 0.1) is 12.7 Å². The Bertz CT molecular complexity index is 1100. The molecule has 0 spiro atoms. The zero-order chi connectivity index (χ0) is 17.4. The SMILES string of the molecule is Cn1cnc2nc(Cl)[nH]c(=O)c21.Cn1cnc2nc(Cl)nc(Cl)c21. The third kappa shape index (κ3) is 3.05. The van der Waals surface area contributed by atoms with E-state index in [-0.39, 0.29) is 16.1 Å². The lowest BCUT2D eigenvalue weighted by molar-refractivity contribution is 0.938. The highest BCUT2D eigenvalue weighted by Crippen LogP contribution is 2.19. The molecule has 0 atom stereocenters. The smallest absolute Gasteiger partial charge is 0.278 e. The summed E-state index contributed by atoms with van der Waals surface area (Å²) < 4.78 is 3.34. The molecule has 4 aromatic rings. The summed E-state index contributed by atoms with van der Waals surface area (Å²) in [5.74, 6) is 0. The maximum Gasteiger partial charge on any atom is 0.278 e. The van der Waals surface area contributed by atoms with E-state index in [4.69, 9.17) is 34.8 Å². The van der Waals surface area contributed by atoms with E-state index in [1.54, 1.807) is 22.5 Å². The molecule has 9 nitrogen and oxygen atoms in total. The average molecular weight is 388 g/mol. The molecule has 1 N–H and O–H groups in total. The van der Waals surface area contributed by atoms with Gasteiger partial charge in [-0.1, -0.05) is 11.6 Å². The Labute approximate surface area is 149 Å². The minimum atomic E-state index is -0.273. The summed E-state index contributed by atoms with van der Waals surface area (Å²) in [6, 6.07) is 0. The van der Waals surface area contributed by atoms with Gasteiger partial charge in [-0.25, -0.2) is 15.0 Å². The molecule has 0 aliphatic carbocycles. The molecule has 0 amide bonds. The van der Waals surface area contributed by atoms with Crippen LogP contribution in [0.2, 0.25) is 15.7 Å². The minimum Gasteiger partial charge on any atom is -0.330 e. The van der Waals surface area contributed by atoms with Crippen LogP contribution in [0.25, 0.3) is 22.3 Å². The molecule has 0 aliphatic heterocycles. The first-order valence-electron chi connectivity index (χ1n) is 6.43. The van der Waals surface area contributed by atoms with Crippen LogP contribution in [0.15, 0.2) is 17.4 Å². The van der Waals surface area contributed by atoms with E-state index in [2.05, 4.69) is 29.9 Å². The van der Waals surface area contributed by atoms with Crippen LogP contribution in [0.1, 0.15) is 0 Å². The number of aromatic nitrogens is 8. The van der Waals surface area contributed by atoms with Gasteiger partial charge in [-0.2, -0.15) is 9.97 Å². The van der Waals surface area contributed by atoms with Crippen molar-refractivity contribution in [2.24, 2.45) is 14.1 Å². The van der Waals surface area contributed by atoms with Crippen LogP contribution in [0, 0.1) is 0 Å². The van der Waals surface area contributed by atoms with Crippen molar-refractivity contribution in [2.75, 3.05) is 0 Å². The van der Waals surface area contributed by atoms with Crippen molar-refractivity contribution in [2.45, 2.75) is 0 Å². The first-order valence-corrected chi connectivity index (χ1v) is 7.57. The normalized spacial score (nSPS) is 10.9. The van der Waals surface area contributed by atoms with Crippen molar-refractivity contribution >= 4 is 57.1 Å². The van der Waals surface area contributed by atoms with Crippen molar-refractivity contribution in [3.05, 3.63) is 38.7 Å². The summed E-state index contributed by atoms with van der Waals surface area (Å²) >= 11 is 16.9. The van der Waals surface area contributed by atoms with Gasteiger partial charge in [-0.3, -0.25) is 9.78 Å². The van der Waals surface area contributed by atoms with Crippen LogP contribution in [0.5, 0.6) is 0 Å². The molecule has 4 aromatic heterocycles. The van der Waals surface area contributed by atoms with Crippen LogP contribution in [0.3, 0.4) is 0 Å². The molecule has 0 aromatic carbocycles. The lowest BCUT2D eigenvalue weighted by atomic mass is 10.5. The van der Waals surface area contributed by atoms with Crippen LogP contribution >= 0.6 is 34.8 Å². The maximum atomic E-state index is 11.2. The largest absolute Gasteiger partial charge is 0.330 e. The number of nitrogens with zero attached hydrogens (tertiary/aromatic N) is 7. The number of hydrogen-bond donors (Lipinski definition) is 1. The minimum absolute atomic E-state index is 0.0613. The molecule has 4 heterocycles. The van der Waals surface area contributed by atoms with Crippen LogP contribution < -0.4 is 5.56 Å². The predicted molar refractivity (Wildman–Crippen MR) is 90.5 cm³/mol. The fraction of sp³-hybridized carbons (Fsp3) is 0.167. The Kier molecular flexibility index (Phi) is 4.39. The lowest BCUT2D eigenvalue weighted by Crippen LogP contribution is -2.10. The van der Waals surface area contributed by atoms with Gasteiger partial charge >= 0.3 is 0 Å². The Morgan fingerprint density at radius 2 is 1.50 bits per heavy atom. The second-order valence-electron chi connectivity index (χ2n) is 4.70. The number of halogens is 3. The number of hydrogen-bond acceptors (Lipinski definition) is 6. The molecule has 0 radical (unpaired) electrons. The fourth-order valence-corrected chi connectivity index (χ4v) is 2.69. The number of aromatic amines is 1. The van der Waals surface area contributed by atoms with Crippen LogP contribution in [-0.4, -0.2) is 39.0 Å². The lowest BCUT2D eigenvalue weighted by Gasteiger charge is -1.95. The van der Waals surface area contributed by atoms with Gasteiger partial charge in [-0.15, -0.1) is 0 Å². The van der Waals surface area contributed by atoms with E-state index < -0.39 is 0 Å². The number of rotatable bonds is 0. The topological polar surface area (TPSA) is 107 Å². The van der Waals surface area contributed by atoms with Crippen molar-refractivity contribution in [1.82, 2.24) is 39.0 Å². The summed E-state index contributed by atoms with van der Waals surface area (Å²) in [6.45, 7) is 0. The summed E-state index contributed by atoms with van der Waals surface area (Å²) in [5, 5.41) is 0.502. The van der Waals surface area contributed by atoms with Gasteiger partial charge in [0.2, 0.25) is 10.6 Å². The monoisotopic (exact) mass is 386 g/mol. The molecular formula is C12H9Cl3N8O. The Morgan fingerprint density at radius 1 is 0.917 bits per heavy atom. The number of nitrogens with one attached hydrogen (secondary N) is 1. The third-order valence-corrected chi connectivity index (χ3v) is 3.67. The molecule has 0 bridgehead atoms. The fourth-order valence-electron chi connectivity index (χ4n) is 2.02. The van der Waals surface area contributed by atoms with Crippen molar-refractivity contribution < 1.29 is 0 Å². The highest BCUT2D eigenvalue weighted by atomic mass is 35.5. The van der Waals surface area contributed by atoms with Gasteiger partial charge in [0.25, 0.3) is 5.56 Å². The molecule has 12 heteroatoms. The van der Waals surface area contributed by atoms with Gasteiger partial charge in [0.1, 0.15) is 5.52 Å². The molecule has 124 valence electrons. The molecule has 0 saturated carbocycles. The second kappa shape index (κ2) is 6.34. The van der Waals surface area contributed by atoms with Crippen molar-refractivity contribution in [1.29, 1.82) is 0 Å². The van der Waals surface area contributed by atoms with Gasteiger partial charge < -0.3 is 9.13 Å². The molecular weight excluding hydrogens is 379 g/mol. The van der Waals surface area contributed by atoms with Crippen molar-refractivity contribution in [3.63, 3.8) is 0 Å². The molecule has 24 heavy (non-hydrogen) atoms. The highest BCUT2D eigenvalue weighted by molar-refractivity contribution is 6.35. The number of fused-ring (bicyclic) bond motifs is 2. The van der Waals surface area contributed by atoms with Gasteiger partial charge in [0.15, 0.2) is 22.0 Å². The zero-order valence-corrected chi connectivity index (χ0v) is 14.6. The average Bonchev–Trinajstić information content (AvgIpc) is 3.03. The first-order chi connectivity index (χ1) is 11.4. The van der Waals surface area contributed by atoms with Gasteiger partial charge in [-0.05, 0) is 23.2 Å². The predicted octanol–water partition coefficient (Wildman–Crippen LogP) is 1.98. The Morgan fingerprint density at radius 3 is 2.17 bits per heavy atom. The van der Waals surface area contributed by atoms with E-state index >= 15 is 0 Å². The summed E-state index contributed by atoms with van der Waals surface area (Å²) in [5.41, 5.74) is 1.74. The van der Waals surface area contributed by atoms with Gasteiger partial charge in [0, 0.05) is 14.1 Å². The summed E-state index contributed by atoms with van der Waals surface area (Å²) in [7, 11) is 3.54. The van der Waals surface area contributed by atoms with E-state index in [0.29, 0.717) is 27.5 Å². The van der Waals surface area contributed by atoms with Crippen LogP contribution in [0.4, 0.5) is 0 Å². The third-order valence-electron chi connectivity index (χ3n) is 3.06. The van der Waals surface area contributed by atoms with E-state index in [0.717, 1.165) is 0 Å². The highest BCUT2D eigenvalue weighted by Gasteiger charge is 2.08.